The minimum Gasteiger partial charge on any atom is -0.456 e. The maximum Gasteiger partial charge on any atom is 0.317 e. The first-order chi connectivity index (χ1) is 15.5. The summed E-state index contributed by atoms with van der Waals surface area (Å²) < 4.78 is 10.7. The minimum absolute atomic E-state index is 0.111. The van der Waals surface area contributed by atoms with Crippen LogP contribution in [-0.4, -0.2) is 64.6 Å². The number of nitrogens with one attached hydrogen (secondary N) is 1. The highest BCUT2D eigenvalue weighted by Gasteiger charge is 2.26. The second-order valence-corrected chi connectivity index (χ2v) is 7.74. The molecule has 3 aromatic rings. The van der Waals surface area contributed by atoms with Gasteiger partial charge in [-0.25, -0.2) is 4.79 Å². The Morgan fingerprint density at radius 1 is 1.03 bits per heavy atom. The molecule has 3 heterocycles. The molecule has 1 aliphatic rings. The molecule has 0 saturated carbocycles. The van der Waals surface area contributed by atoms with Gasteiger partial charge in [-0.3, -0.25) is 4.79 Å². The number of rotatable bonds is 6. The molecule has 3 amide bonds. The molecular formula is C23H27N5O4. The Labute approximate surface area is 186 Å². The number of hydrogen-bond acceptors (Lipinski definition) is 6. The summed E-state index contributed by atoms with van der Waals surface area (Å²) in [5.41, 5.74) is 1.98. The van der Waals surface area contributed by atoms with E-state index in [1.807, 2.05) is 38.1 Å². The van der Waals surface area contributed by atoms with Crippen LogP contribution in [0.3, 0.4) is 0 Å². The van der Waals surface area contributed by atoms with E-state index in [0.717, 1.165) is 17.5 Å². The summed E-state index contributed by atoms with van der Waals surface area (Å²) in [6.07, 6.45) is 1.45. The predicted molar refractivity (Wildman–Crippen MR) is 117 cm³/mol. The molecule has 0 radical (unpaired) electrons. The molecule has 0 bridgehead atoms. The Morgan fingerprint density at radius 3 is 2.38 bits per heavy atom. The van der Waals surface area contributed by atoms with Gasteiger partial charge in [0.2, 0.25) is 0 Å². The number of nitrogens with zero attached hydrogens (tertiary/aromatic N) is 4. The van der Waals surface area contributed by atoms with Crippen molar-refractivity contribution in [2.24, 2.45) is 0 Å². The van der Waals surface area contributed by atoms with Crippen molar-refractivity contribution < 1.29 is 18.5 Å². The van der Waals surface area contributed by atoms with E-state index >= 15 is 0 Å². The van der Waals surface area contributed by atoms with Gasteiger partial charge >= 0.3 is 6.03 Å². The number of aryl methyl sites for hydroxylation is 2. The van der Waals surface area contributed by atoms with Gasteiger partial charge in [-0.05, 0) is 43.2 Å². The summed E-state index contributed by atoms with van der Waals surface area (Å²) in [5, 5.41) is 6.87. The Bertz CT molecular complexity index is 1060. The lowest BCUT2D eigenvalue weighted by molar-refractivity contribution is 0.0633. The molecule has 168 valence electrons. The van der Waals surface area contributed by atoms with Crippen molar-refractivity contribution in [1.29, 1.82) is 0 Å². The van der Waals surface area contributed by atoms with Crippen LogP contribution in [0.4, 0.5) is 4.79 Å². The van der Waals surface area contributed by atoms with Gasteiger partial charge < -0.3 is 24.1 Å². The topological polar surface area (TPSA) is 105 Å². The van der Waals surface area contributed by atoms with Crippen LogP contribution in [-0.2, 0) is 12.8 Å². The fourth-order valence-corrected chi connectivity index (χ4v) is 3.57. The summed E-state index contributed by atoms with van der Waals surface area (Å²) in [6.45, 7) is 6.29. The van der Waals surface area contributed by atoms with Crippen molar-refractivity contribution in [1.82, 2.24) is 25.3 Å². The van der Waals surface area contributed by atoms with E-state index in [1.54, 1.807) is 21.9 Å². The van der Waals surface area contributed by atoms with Crippen LogP contribution >= 0.6 is 0 Å². The van der Waals surface area contributed by atoms with Gasteiger partial charge in [-0.1, -0.05) is 24.2 Å². The van der Waals surface area contributed by atoms with Gasteiger partial charge in [0.15, 0.2) is 11.6 Å². The second-order valence-electron chi connectivity index (χ2n) is 7.74. The van der Waals surface area contributed by atoms with Crippen molar-refractivity contribution in [2.45, 2.75) is 26.7 Å². The van der Waals surface area contributed by atoms with Crippen LogP contribution in [0.1, 0.15) is 34.6 Å². The third kappa shape index (κ3) is 4.99. The molecule has 9 nitrogen and oxygen atoms in total. The van der Waals surface area contributed by atoms with Crippen molar-refractivity contribution in [3.8, 4) is 11.5 Å². The van der Waals surface area contributed by atoms with E-state index in [9.17, 15) is 9.59 Å². The van der Waals surface area contributed by atoms with Crippen molar-refractivity contribution in [2.75, 3.05) is 32.7 Å². The number of piperazine rings is 1. The third-order valence-corrected chi connectivity index (χ3v) is 5.48. The van der Waals surface area contributed by atoms with Crippen LogP contribution in [0.2, 0.25) is 0 Å². The zero-order chi connectivity index (χ0) is 22.5. The van der Waals surface area contributed by atoms with Gasteiger partial charge in [-0.2, -0.15) is 4.98 Å². The molecule has 1 aromatic carbocycles. The van der Waals surface area contributed by atoms with Crippen LogP contribution in [0, 0.1) is 6.92 Å². The van der Waals surface area contributed by atoms with Gasteiger partial charge in [-0.15, -0.1) is 0 Å². The fraction of sp³-hybridized carbons (Fsp3) is 0.391. The van der Waals surface area contributed by atoms with Crippen LogP contribution < -0.4 is 5.32 Å². The first-order valence-electron chi connectivity index (χ1n) is 10.8. The van der Waals surface area contributed by atoms with Gasteiger partial charge in [0.05, 0.1) is 0 Å². The minimum atomic E-state index is -0.131. The number of benzene rings is 1. The molecule has 1 N–H and O–H groups in total. The van der Waals surface area contributed by atoms with E-state index < -0.39 is 0 Å². The SMILES string of the molecule is CCc1noc(-c2ccc(CCNC(=O)N3CCN(C(=O)c4ccc(C)o4)CC3)cc2)n1. The van der Waals surface area contributed by atoms with Crippen molar-refractivity contribution in [3.63, 3.8) is 0 Å². The number of carbonyl (C=O) groups is 2. The summed E-state index contributed by atoms with van der Waals surface area (Å²) in [5.74, 6) is 2.13. The summed E-state index contributed by atoms with van der Waals surface area (Å²) in [6, 6.07) is 11.2. The zero-order valence-electron chi connectivity index (χ0n) is 18.3. The molecule has 4 rings (SSSR count). The Balaban J connectivity index is 1.20. The summed E-state index contributed by atoms with van der Waals surface area (Å²) >= 11 is 0. The first-order valence-corrected chi connectivity index (χ1v) is 10.8. The molecular weight excluding hydrogens is 410 g/mol. The first kappa shape index (κ1) is 21.6. The molecule has 0 aliphatic carbocycles. The lowest BCUT2D eigenvalue weighted by atomic mass is 10.1. The standard InChI is InChI=1S/C23H27N5O4/c1-3-20-25-21(32-26-20)18-7-5-17(6-8-18)10-11-24-23(30)28-14-12-27(13-15-28)22(29)19-9-4-16(2)31-19/h4-9H,3,10-15H2,1-2H3,(H,24,30). The van der Waals surface area contributed by atoms with Crippen LogP contribution in [0.5, 0.6) is 0 Å². The highest BCUT2D eigenvalue weighted by molar-refractivity contribution is 5.91. The van der Waals surface area contributed by atoms with Gasteiger partial charge in [0.1, 0.15) is 5.76 Å². The molecule has 1 aliphatic heterocycles. The molecule has 9 heteroatoms. The maximum absolute atomic E-state index is 12.5. The fourth-order valence-electron chi connectivity index (χ4n) is 3.57. The monoisotopic (exact) mass is 437 g/mol. The average molecular weight is 438 g/mol. The van der Waals surface area contributed by atoms with E-state index in [-0.39, 0.29) is 11.9 Å². The molecule has 1 fully saturated rings. The third-order valence-electron chi connectivity index (χ3n) is 5.48. The normalized spacial score (nSPS) is 13.9. The highest BCUT2D eigenvalue weighted by Crippen LogP contribution is 2.18. The van der Waals surface area contributed by atoms with E-state index in [4.69, 9.17) is 8.94 Å². The number of amides is 3. The largest absolute Gasteiger partial charge is 0.456 e. The van der Waals surface area contributed by atoms with Gasteiger partial charge in [0.25, 0.3) is 11.8 Å². The molecule has 0 spiro atoms. The van der Waals surface area contributed by atoms with Gasteiger partial charge in [0, 0.05) is 44.7 Å². The zero-order valence-corrected chi connectivity index (χ0v) is 18.3. The van der Waals surface area contributed by atoms with Crippen molar-refractivity contribution >= 4 is 11.9 Å². The predicted octanol–water partition coefficient (Wildman–Crippen LogP) is 2.91. The lowest BCUT2D eigenvalue weighted by Gasteiger charge is -2.34. The lowest BCUT2D eigenvalue weighted by Crippen LogP contribution is -2.53. The van der Waals surface area contributed by atoms with Crippen LogP contribution in [0.15, 0.2) is 45.3 Å². The molecule has 1 saturated heterocycles. The smallest absolute Gasteiger partial charge is 0.317 e. The number of carbonyl (C=O) groups excluding carboxylic acids is 2. The quantitative estimate of drug-likeness (QED) is 0.636. The number of furan rings is 1. The number of urea groups is 1. The summed E-state index contributed by atoms with van der Waals surface area (Å²) in [7, 11) is 0. The average Bonchev–Trinajstić information content (AvgIpc) is 3.48. The molecule has 32 heavy (non-hydrogen) atoms. The van der Waals surface area contributed by atoms with Crippen molar-refractivity contribution in [3.05, 3.63) is 59.3 Å². The van der Waals surface area contributed by atoms with E-state index in [1.165, 1.54) is 0 Å². The Kier molecular flexibility index (Phi) is 6.53. The van der Waals surface area contributed by atoms with E-state index in [2.05, 4.69) is 15.5 Å². The second kappa shape index (κ2) is 9.67. The highest BCUT2D eigenvalue weighted by atomic mass is 16.5. The van der Waals surface area contributed by atoms with Crippen LogP contribution in [0.25, 0.3) is 11.5 Å². The number of hydrogen-bond donors (Lipinski definition) is 1. The molecule has 2 aromatic heterocycles. The Morgan fingerprint density at radius 2 is 1.75 bits per heavy atom. The molecule has 0 atom stereocenters. The number of aromatic nitrogens is 2. The molecule has 0 unspecified atom stereocenters. The maximum atomic E-state index is 12.5. The Hall–Kier alpha value is -3.62. The van der Waals surface area contributed by atoms with E-state index in [0.29, 0.717) is 62.4 Å². The summed E-state index contributed by atoms with van der Waals surface area (Å²) in [4.78, 5) is 32.7.